The maximum Gasteiger partial charge on any atom is 0.466 e. The van der Waals surface area contributed by atoms with Gasteiger partial charge >= 0.3 is 7.82 Å². The van der Waals surface area contributed by atoms with E-state index in [1.54, 1.807) is 5.43 Å². The Morgan fingerprint density at radius 2 is 1.47 bits per heavy atom. The molecule has 11 heteroatoms. The van der Waals surface area contributed by atoms with Crippen molar-refractivity contribution in [3.8, 4) is 0 Å². The van der Waals surface area contributed by atoms with Crippen molar-refractivity contribution in [1.29, 1.82) is 0 Å². The minimum absolute atomic E-state index is 0.424. The van der Waals surface area contributed by atoms with Crippen molar-refractivity contribution in [1.82, 2.24) is 0 Å². The van der Waals surface area contributed by atoms with Crippen molar-refractivity contribution in [2.75, 3.05) is 5.43 Å². The largest absolute Gasteiger partial charge is 0.466 e. The fourth-order valence-corrected chi connectivity index (χ4v) is 0.678. The maximum absolute atomic E-state index is 12.5. The summed E-state index contributed by atoms with van der Waals surface area (Å²) < 4.78 is 58.3. The second-order valence-corrected chi connectivity index (χ2v) is 3.53. The minimum atomic E-state index is -4.64. The highest BCUT2D eigenvalue weighted by molar-refractivity contribution is 7.45. The summed E-state index contributed by atoms with van der Waals surface area (Å²) in [6.07, 6.45) is 0. The summed E-state index contributed by atoms with van der Waals surface area (Å²) in [6.45, 7) is 0. The summed E-state index contributed by atoms with van der Waals surface area (Å²) in [7, 11) is -4.64. The fourth-order valence-electron chi connectivity index (χ4n) is 0.678. The quantitative estimate of drug-likeness (QED) is 0.128. The Morgan fingerprint density at radius 3 is 1.82 bits per heavy atom. The molecule has 0 saturated heterocycles. The van der Waals surface area contributed by atoms with Crippen LogP contribution in [-0.2, 0) is 4.57 Å². The van der Waals surface area contributed by atoms with E-state index in [4.69, 9.17) is 25.1 Å². The van der Waals surface area contributed by atoms with Crippen LogP contribution in [0.15, 0.2) is 6.07 Å². The van der Waals surface area contributed by atoms with Gasteiger partial charge in [0.25, 0.3) is 0 Å². The van der Waals surface area contributed by atoms with Gasteiger partial charge < -0.3 is 20.1 Å². The molecule has 0 aliphatic heterocycles. The summed E-state index contributed by atoms with van der Waals surface area (Å²) in [5.74, 6) is -2.09. The van der Waals surface area contributed by atoms with Crippen LogP contribution >= 0.6 is 7.82 Å². The highest BCUT2D eigenvalue weighted by atomic mass is 31.2. The average Bonchev–Trinajstić information content (AvgIpc) is 2.18. The molecule has 6 nitrogen and oxygen atoms in total. The lowest BCUT2D eigenvalue weighted by Crippen LogP contribution is -2.11. The number of nitrogens with one attached hydrogen (secondary N) is 1. The zero-order valence-corrected chi connectivity index (χ0v) is 8.76. The van der Waals surface area contributed by atoms with Crippen LogP contribution in [0.2, 0.25) is 0 Å². The normalized spacial score (nSPS) is 10.6. The molecule has 98 valence electrons. The molecule has 0 atom stereocenters. The summed E-state index contributed by atoms with van der Waals surface area (Å²) >= 11 is 0. The van der Waals surface area contributed by atoms with Crippen LogP contribution in [0.3, 0.4) is 0 Å². The van der Waals surface area contributed by atoms with Crippen LogP contribution in [0.4, 0.5) is 23.2 Å². The van der Waals surface area contributed by atoms with Crippen LogP contribution in [0.1, 0.15) is 0 Å². The lowest BCUT2D eigenvalue weighted by molar-refractivity contribution is 0.275. The van der Waals surface area contributed by atoms with Gasteiger partial charge in [-0.3, -0.25) is 5.84 Å². The number of rotatable bonds is 1. The number of nitrogens with two attached hydrogens (primary N) is 1. The van der Waals surface area contributed by atoms with Crippen LogP contribution in [0, 0.1) is 23.3 Å². The Balaban J connectivity index is 0.000000437. The molecule has 1 aromatic rings. The molecule has 0 aliphatic rings. The highest BCUT2D eigenvalue weighted by Crippen LogP contribution is 2.25. The van der Waals surface area contributed by atoms with E-state index in [0.717, 1.165) is 0 Å². The van der Waals surface area contributed by atoms with Crippen molar-refractivity contribution in [2.24, 2.45) is 5.84 Å². The monoisotopic (exact) mass is 278 g/mol. The zero-order chi connectivity index (χ0) is 13.8. The van der Waals surface area contributed by atoms with Gasteiger partial charge in [0.05, 0.1) is 5.69 Å². The molecule has 0 aromatic heterocycles. The van der Waals surface area contributed by atoms with E-state index in [0.29, 0.717) is 6.07 Å². The SMILES string of the molecule is NNc1cc(F)c(F)c(F)c1F.O=P(O)(O)O. The van der Waals surface area contributed by atoms with Crippen LogP contribution in [0.5, 0.6) is 0 Å². The Morgan fingerprint density at radius 1 is 1.06 bits per heavy atom. The number of phosphoric acid groups is 1. The third kappa shape index (κ3) is 5.61. The number of halogens is 4. The van der Waals surface area contributed by atoms with Gasteiger partial charge in [0.15, 0.2) is 23.3 Å². The van der Waals surface area contributed by atoms with E-state index in [2.05, 4.69) is 0 Å². The third-order valence-electron chi connectivity index (χ3n) is 1.26. The molecule has 0 fully saturated rings. The number of nitrogen functional groups attached to an aromatic ring is 1. The number of hydrazine groups is 1. The predicted octanol–water partition coefficient (Wildman–Crippen LogP) is 0.600. The molecule has 0 bridgehead atoms. The topological polar surface area (TPSA) is 116 Å². The molecule has 0 heterocycles. The van der Waals surface area contributed by atoms with Gasteiger partial charge in [-0.2, -0.15) is 0 Å². The summed E-state index contributed by atoms with van der Waals surface area (Å²) in [5.41, 5.74) is 1.05. The van der Waals surface area contributed by atoms with Crippen molar-refractivity contribution >= 4 is 13.5 Å². The molecule has 0 amide bonds. The van der Waals surface area contributed by atoms with Gasteiger partial charge in [-0.1, -0.05) is 0 Å². The van der Waals surface area contributed by atoms with E-state index in [-0.39, 0.29) is 0 Å². The van der Waals surface area contributed by atoms with Crippen LogP contribution in [0.25, 0.3) is 0 Å². The van der Waals surface area contributed by atoms with E-state index < -0.39 is 36.8 Å². The Labute approximate surface area is 91.9 Å². The second kappa shape index (κ2) is 5.94. The van der Waals surface area contributed by atoms with Crippen LogP contribution in [-0.4, -0.2) is 14.7 Å². The van der Waals surface area contributed by atoms with Crippen LogP contribution < -0.4 is 11.3 Å². The van der Waals surface area contributed by atoms with Gasteiger partial charge in [0, 0.05) is 6.07 Å². The molecule has 0 radical (unpaired) electrons. The van der Waals surface area contributed by atoms with Crippen molar-refractivity contribution in [3.05, 3.63) is 29.3 Å². The molecule has 0 spiro atoms. The maximum atomic E-state index is 12.5. The predicted molar refractivity (Wildman–Crippen MR) is 48.3 cm³/mol. The zero-order valence-electron chi connectivity index (χ0n) is 7.86. The van der Waals surface area contributed by atoms with E-state index in [1.807, 2.05) is 0 Å². The molecule has 17 heavy (non-hydrogen) atoms. The van der Waals surface area contributed by atoms with Crippen molar-refractivity contribution < 1.29 is 36.8 Å². The first-order valence-corrected chi connectivity index (χ1v) is 5.22. The standard InChI is InChI=1S/C6H4F4N2.H3O4P/c7-2-1-3(12-11)5(9)6(10)4(2)8;1-5(2,3)4/h1,12H,11H2;(H3,1,2,3,4). The molecule has 1 aromatic carbocycles. The van der Waals surface area contributed by atoms with Gasteiger partial charge in [0.2, 0.25) is 0 Å². The third-order valence-corrected chi connectivity index (χ3v) is 1.26. The Kier molecular flexibility index (Phi) is 5.52. The first-order chi connectivity index (χ1) is 7.57. The number of anilines is 1. The molecule has 0 unspecified atom stereocenters. The number of hydrogen-bond acceptors (Lipinski definition) is 3. The van der Waals surface area contributed by atoms with Crippen molar-refractivity contribution in [3.63, 3.8) is 0 Å². The smallest absolute Gasteiger partial charge is 0.321 e. The molecule has 1 rings (SSSR count). The Bertz CT molecular complexity index is 444. The minimum Gasteiger partial charge on any atom is -0.321 e. The summed E-state index contributed by atoms with van der Waals surface area (Å²) in [6, 6.07) is 0.424. The number of hydrogen-bond donors (Lipinski definition) is 5. The second-order valence-electron chi connectivity index (χ2n) is 2.51. The Hall–Kier alpha value is -1.19. The summed E-state index contributed by atoms with van der Waals surface area (Å²) in [4.78, 5) is 21.6. The van der Waals surface area contributed by atoms with Gasteiger partial charge in [-0.05, 0) is 0 Å². The lowest BCUT2D eigenvalue weighted by atomic mass is 10.3. The first-order valence-electron chi connectivity index (χ1n) is 3.65. The van der Waals surface area contributed by atoms with Crippen molar-refractivity contribution in [2.45, 2.75) is 0 Å². The van der Waals surface area contributed by atoms with E-state index in [9.17, 15) is 17.6 Å². The van der Waals surface area contributed by atoms with E-state index >= 15 is 0 Å². The summed E-state index contributed by atoms with van der Waals surface area (Å²) in [5, 5.41) is 0. The fraction of sp³-hybridized carbons (Fsp3) is 0. The molecule has 6 N–H and O–H groups in total. The van der Waals surface area contributed by atoms with Gasteiger partial charge in [0.1, 0.15) is 0 Å². The first kappa shape index (κ1) is 15.8. The lowest BCUT2D eigenvalue weighted by Gasteiger charge is -2.03. The molecular formula is C6H7F4N2O4P. The molecule has 0 aliphatic carbocycles. The number of benzene rings is 1. The van der Waals surface area contributed by atoms with Gasteiger partial charge in [-0.25, -0.2) is 22.1 Å². The van der Waals surface area contributed by atoms with E-state index in [1.165, 1.54) is 0 Å². The highest BCUT2D eigenvalue weighted by Gasteiger charge is 2.17. The van der Waals surface area contributed by atoms with Gasteiger partial charge in [-0.15, -0.1) is 0 Å². The molecule has 0 saturated carbocycles. The average molecular weight is 278 g/mol. The molecular weight excluding hydrogens is 271 g/mol.